The molecule has 0 atom stereocenters. The molecule has 1 amide bonds. The lowest BCUT2D eigenvalue weighted by atomic mass is 10.3. The van der Waals surface area contributed by atoms with E-state index in [0.717, 1.165) is 27.5 Å². The fourth-order valence-corrected chi connectivity index (χ4v) is 3.53. The fraction of sp³-hybridized carbons (Fsp3) is 0.333. The lowest BCUT2D eigenvalue weighted by Gasteiger charge is -2.07. The molecule has 1 heterocycles. The van der Waals surface area contributed by atoms with Crippen molar-refractivity contribution in [2.75, 3.05) is 25.1 Å². The van der Waals surface area contributed by atoms with Crippen LogP contribution in [0.3, 0.4) is 0 Å². The summed E-state index contributed by atoms with van der Waals surface area (Å²) in [5, 5.41) is 3.46. The minimum absolute atomic E-state index is 0.0700. The van der Waals surface area contributed by atoms with Gasteiger partial charge in [-0.25, -0.2) is 4.98 Å². The van der Waals surface area contributed by atoms with Crippen molar-refractivity contribution in [1.29, 1.82) is 0 Å². The Bertz CT molecular complexity index is 908. The average molecular weight is 401 g/mol. The highest BCUT2D eigenvalue weighted by molar-refractivity contribution is 7.22. The molecule has 28 heavy (non-hydrogen) atoms. The van der Waals surface area contributed by atoms with Crippen molar-refractivity contribution in [3.05, 3.63) is 42.5 Å². The largest absolute Gasteiger partial charge is 0.494 e. The van der Waals surface area contributed by atoms with Gasteiger partial charge in [-0.3, -0.25) is 4.79 Å². The molecular formula is C21H24N2O4S. The first-order valence-electron chi connectivity index (χ1n) is 9.37. The minimum Gasteiger partial charge on any atom is -0.494 e. The molecule has 0 aliphatic carbocycles. The Balaban J connectivity index is 1.43. The zero-order chi connectivity index (χ0) is 19.8. The molecule has 2 aromatic carbocycles. The number of fused-ring (bicyclic) bond motifs is 1. The first-order chi connectivity index (χ1) is 13.7. The molecule has 7 heteroatoms. The van der Waals surface area contributed by atoms with E-state index in [4.69, 9.17) is 14.2 Å². The summed E-state index contributed by atoms with van der Waals surface area (Å²) in [7, 11) is 0. The molecule has 6 nitrogen and oxygen atoms in total. The van der Waals surface area contributed by atoms with Gasteiger partial charge < -0.3 is 19.5 Å². The van der Waals surface area contributed by atoms with Crippen LogP contribution in [0.1, 0.15) is 26.7 Å². The molecule has 0 unspecified atom stereocenters. The Morgan fingerprint density at radius 2 is 1.61 bits per heavy atom. The number of nitrogens with one attached hydrogen (secondary N) is 1. The van der Waals surface area contributed by atoms with E-state index >= 15 is 0 Å². The summed E-state index contributed by atoms with van der Waals surface area (Å²) in [4.78, 5) is 16.6. The van der Waals surface area contributed by atoms with Crippen molar-refractivity contribution in [3.63, 3.8) is 0 Å². The van der Waals surface area contributed by atoms with Crippen molar-refractivity contribution in [3.8, 4) is 17.2 Å². The highest BCUT2D eigenvalue weighted by Gasteiger charge is 2.09. The van der Waals surface area contributed by atoms with Crippen LogP contribution in [0.15, 0.2) is 42.5 Å². The number of hydrogen-bond donors (Lipinski definition) is 1. The predicted octanol–water partition coefficient (Wildman–Crippen LogP) is 4.89. The van der Waals surface area contributed by atoms with Crippen molar-refractivity contribution in [2.24, 2.45) is 0 Å². The second-order valence-electron chi connectivity index (χ2n) is 5.99. The summed E-state index contributed by atoms with van der Waals surface area (Å²) < 4.78 is 17.5. The van der Waals surface area contributed by atoms with E-state index in [1.807, 2.05) is 56.3 Å². The van der Waals surface area contributed by atoms with E-state index in [2.05, 4.69) is 10.3 Å². The lowest BCUT2D eigenvalue weighted by molar-refractivity contribution is -0.116. The number of carbonyl (C=O) groups is 1. The number of carbonyl (C=O) groups excluding carboxylic acids is 1. The van der Waals surface area contributed by atoms with Crippen LogP contribution in [0.2, 0.25) is 0 Å². The van der Waals surface area contributed by atoms with Crippen molar-refractivity contribution >= 4 is 32.6 Å². The number of anilines is 1. The molecule has 148 valence electrons. The smallest absolute Gasteiger partial charge is 0.226 e. The average Bonchev–Trinajstić information content (AvgIpc) is 3.08. The van der Waals surface area contributed by atoms with Gasteiger partial charge in [0.15, 0.2) is 5.13 Å². The molecular weight excluding hydrogens is 376 g/mol. The Morgan fingerprint density at radius 1 is 0.964 bits per heavy atom. The van der Waals surface area contributed by atoms with Gasteiger partial charge in [-0.2, -0.15) is 0 Å². The summed E-state index contributed by atoms with van der Waals surface area (Å²) in [5.74, 6) is 2.32. The number of amides is 1. The monoisotopic (exact) mass is 400 g/mol. The third kappa shape index (κ3) is 5.60. The molecule has 0 aliphatic rings. The van der Waals surface area contributed by atoms with E-state index in [9.17, 15) is 4.79 Å². The highest BCUT2D eigenvalue weighted by Crippen LogP contribution is 2.29. The number of hydrogen-bond acceptors (Lipinski definition) is 6. The molecule has 1 aromatic heterocycles. The topological polar surface area (TPSA) is 69.7 Å². The summed E-state index contributed by atoms with van der Waals surface area (Å²) in [6.07, 6.45) is 0.996. The maximum Gasteiger partial charge on any atom is 0.226 e. The zero-order valence-corrected chi connectivity index (χ0v) is 16.9. The van der Waals surface area contributed by atoms with Crippen LogP contribution in [-0.2, 0) is 4.79 Å². The van der Waals surface area contributed by atoms with Gasteiger partial charge in [-0.15, -0.1) is 0 Å². The molecule has 0 spiro atoms. The Morgan fingerprint density at radius 3 is 2.32 bits per heavy atom. The summed E-state index contributed by atoms with van der Waals surface area (Å²) in [6, 6.07) is 13.2. The summed E-state index contributed by atoms with van der Waals surface area (Å²) in [6.45, 7) is 5.62. The number of benzene rings is 2. The van der Waals surface area contributed by atoms with Gasteiger partial charge in [0.25, 0.3) is 0 Å². The molecule has 0 saturated carbocycles. The van der Waals surface area contributed by atoms with Gasteiger partial charge in [0.1, 0.15) is 17.2 Å². The second-order valence-corrected chi connectivity index (χ2v) is 7.02. The van der Waals surface area contributed by atoms with Gasteiger partial charge in [0.05, 0.1) is 30.0 Å². The zero-order valence-electron chi connectivity index (χ0n) is 16.1. The van der Waals surface area contributed by atoms with Crippen LogP contribution in [0.25, 0.3) is 10.2 Å². The normalized spacial score (nSPS) is 10.6. The van der Waals surface area contributed by atoms with E-state index in [-0.39, 0.29) is 5.91 Å². The van der Waals surface area contributed by atoms with E-state index < -0.39 is 0 Å². The number of nitrogens with zero attached hydrogens (tertiary/aromatic N) is 1. The Kier molecular flexibility index (Phi) is 7.08. The van der Waals surface area contributed by atoms with Gasteiger partial charge in [0.2, 0.25) is 5.91 Å². The molecule has 0 fully saturated rings. The molecule has 0 aliphatic heterocycles. The molecule has 0 saturated heterocycles. The Hall–Kier alpha value is -2.80. The molecule has 3 aromatic rings. The maximum absolute atomic E-state index is 12.1. The van der Waals surface area contributed by atoms with E-state index in [1.54, 1.807) is 0 Å². The highest BCUT2D eigenvalue weighted by atomic mass is 32.1. The first kappa shape index (κ1) is 19.9. The number of rotatable bonds is 10. The van der Waals surface area contributed by atoms with Crippen LogP contribution in [0.5, 0.6) is 17.2 Å². The number of ether oxygens (including phenoxy) is 3. The minimum atomic E-state index is -0.0700. The van der Waals surface area contributed by atoms with Crippen LogP contribution in [-0.4, -0.2) is 30.7 Å². The lowest BCUT2D eigenvalue weighted by Crippen LogP contribution is -2.12. The van der Waals surface area contributed by atoms with Crippen LogP contribution in [0, 0.1) is 0 Å². The standard InChI is InChI=1S/C21H24N2O4S/c1-3-25-15-7-9-16(10-8-15)27-13-5-6-20(24)23-21-22-18-12-11-17(26-4-2)14-19(18)28-21/h7-12,14H,3-6,13H2,1-2H3,(H,22,23,24). The van der Waals surface area contributed by atoms with Crippen LogP contribution in [0.4, 0.5) is 5.13 Å². The van der Waals surface area contributed by atoms with E-state index in [1.165, 1.54) is 11.3 Å². The summed E-state index contributed by atoms with van der Waals surface area (Å²) in [5.41, 5.74) is 0.850. The second kappa shape index (κ2) is 9.94. The first-order valence-corrected chi connectivity index (χ1v) is 10.2. The molecule has 3 rings (SSSR count). The third-order valence-corrected chi connectivity index (χ3v) is 4.80. The maximum atomic E-state index is 12.1. The van der Waals surface area contributed by atoms with Crippen molar-refractivity contribution in [2.45, 2.75) is 26.7 Å². The number of thiazole rings is 1. The fourth-order valence-electron chi connectivity index (χ4n) is 2.62. The van der Waals surface area contributed by atoms with Crippen molar-refractivity contribution < 1.29 is 19.0 Å². The molecule has 1 N–H and O–H groups in total. The van der Waals surface area contributed by atoms with Crippen LogP contribution < -0.4 is 19.5 Å². The van der Waals surface area contributed by atoms with Gasteiger partial charge in [0, 0.05) is 6.42 Å². The third-order valence-electron chi connectivity index (χ3n) is 3.87. The van der Waals surface area contributed by atoms with Gasteiger partial charge in [-0.05, 0) is 62.7 Å². The SMILES string of the molecule is CCOc1ccc(OCCCC(=O)Nc2nc3ccc(OCC)cc3s2)cc1. The number of aromatic nitrogens is 1. The van der Waals surface area contributed by atoms with Gasteiger partial charge in [-0.1, -0.05) is 11.3 Å². The van der Waals surface area contributed by atoms with E-state index in [0.29, 0.717) is 37.8 Å². The predicted molar refractivity (Wildman–Crippen MR) is 112 cm³/mol. The molecule has 0 bridgehead atoms. The summed E-state index contributed by atoms with van der Waals surface area (Å²) >= 11 is 1.44. The molecule has 0 radical (unpaired) electrons. The van der Waals surface area contributed by atoms with Crippen molar-refractivity contribution in [1.82, 2.24) is 4.98 Å². The van der Waals surface area contributed by atoms with Gasteiger partial charge >= 0.3 is 0 Å². The van der Waals surface area contributed by atoms with Crippen LogP contribution >= 0.6 is 11.3 Å². The Labute approximate surface area is 168 Å². The quantitative estimate of drug-likeness (QED) is 0.491.